The Hall–Kier alpha value is -1.19. The van der Waals surface area contributed by atoms with Crippen molar-refractivity contribution in [2.75, 3.05) is 6.54 Å². The first-order valence-corrected chi connectivity index (χ1v) is 3.78. The SMILES string of the molecule is CC(=O)CCC(=O)CNC(C)=O. The van der Waals surface area contributed by atoms with E-state index in [4.69, 9.17) is 0 Å². The van der Waals surface area contributed by atoms with Crippen LogP contribution in [0.1, 0.15) is 26.7 Å². The van der Waals surface area contributed by atoms with E-state index in [9.17, 15) is 14.4 Å². The van der Waals surface area contributed by atoms with Gasteiger partial charge in [0.1, 0.15) is 5.78 Å². The molecule has 4 heteroatoms. The van der Waals surface area contributed by atoms with Crippen molar-refractivity contribution < 1.29 is 14.4 Å². The van der Waals surface area contributed by atoms with Gasteiger partial charge in [0.15, 0.2) is 5.78 Å². The molecule has 0 aliphatic carbocycles. The molecular formula is C8H13NO3. The van der Waals surface area contributed by atoms with Crippen LogP contribution in [0.15, 0.2) is 0 Å². The fraction of sp³-hybridized carbons (Fsp3) is 0.625. The van der Waals surface area contributed by atoms with Crippen LogP contribution in [0.2, 0.25) is 0 Å². The number of carbonyl (C=O) groups excluding carboxylic acids is 3. The fourth-order valence-electron chi connectivity index (χ4n) is 0.627. The predicted octanol–water partition coefficient (Wildman–Crippen LogP) is 0.0608. The van der Waals surface area contributed by atoms with Gasteiger partial charge in [-0.05, 0) is 6.92 Å². The van der Waals surface area contributed by atoms with Crippen LogP contribution in [0.3, 0.4) is 0 Å². The van der Waals surface area contributed by atoms with Crippen molar-refractivity contribution >= 4 is 17.5 Å². The molecule has 0 spiro atoms. The summed E-state index contributed by atoms with van der Waals surface area (Å²) in [6, 6.07) is 0. The van der Waals surface area contributed by atoms with Gasteiger partial charge in [0.25, 0.3) is 0 Å². The Labute approximate surface area is 71.3 Å². The zero-order valence-corrected chi connectivity index (χ0v) is 7.35. The maximum Gasteiger partial charge on any atom is 0.217 e. The third kappa shape index (κ3) is 6.92. The molecular weight excluding hydrogens is 158 g/mol. The van der Waals surface area contributed by atoms with Crippen LogP contribution in [0.25, 0.3) is 0 Å². The Balaban J connectivity index is 3.47. The van der Waals surface area contributed by atoms with E-state index >= 15 is 0 Å². The number of Topliss-reactive ketones (excluding diaryl/α,β-unsaturated/α-hetero) is 2. The van der Waals surface area contributed by atoms with Gasteiger partial charge in [0.05, 0.1) is 6.54 Å². The summed E-state index contributed by atoms with van der Waals surface area (Å²) in [6.07, 6.45) is 0.480. The Morgan fingerprint density at radius 3 is 2.08 bits per heavy atom. The summed E-state index contributed by atoms with van der Waals surface area (Å²) in [5.74, 6) is -0.349. The molecule has 0 aliphatic rings. The summed E-state index contributed by atoms with van der Waals surface area (Å²) >= 11 is 0. The van der Waals surface area contributed by atoms with Gasteiger partial charge in [-0.25, -0.2) is 0 Å². The number of amides is 1. The van der Waals surface area contributed by atoms with Crippen LogP contribution >= 0.6 is 0 Å². The Morgan fingerprint density at radius 1 is 1.08 bits per heavy atom. The largest absolute Gasteiger partial charge is 0.349 e. The van der Waals surface area contributed by atoms with Gasteiger partial charge in [-0.2, -0.15) is 0 Å². The second-order valence-corrected chi connectivity index (χ2v) is 2.65. The lowest BCUT2D eigenvalue weighted by Crippen LogP contribution is -2.27. The van der Waals surface area contributed by atoms with Crippen molar-refractivity contribution in [1.82, 2.24) is 5.32 Å². The summed E-state index contributed by atoms with van der Waals surface area (Å²) in [7, 11) is 0. The highest BCUT2D eigenvalue weighted by Crippen LogP contribution is 1.90. The van der Waals surface area contributed by atoms with Gasteiger partial charge < -0.3 is 10.1 Å². The van der Waals surface area contributed by atoms with Crippen LogP contribution in [-0.4, -0.2) is 24.0 Å². The van der Waals surface area contributed by atoms with Crippen molar-refractivity contribution in [3.63, 3.8) is 0 Å². The molecule has 0 aromatic rings. The third-order valence-electron chi connectivity index (χ3n) is 1.29. The van der Waals surface area contributed by atoms with Crippen molar-refractivity contribution in [1.29, 1.82) is 0 Å². The molecule has 0 aliphatic heterocycles. The molecule has 0 rings (SSSR count). The summed E-state index contributed by atoms with van der Waals surface area (Å²) in [5.41, 5.74) is 0. The van der Waals surface area contributed by atoms with Crippen molar-refractivity contribution in [2.45, 2.75) is 26.7 Å². The van der Waals surface area contributed by atoms with Gasteiger partial charge in [-0.3, -0.25) is 9.59 Å². The predicted molar refractivity (Wildman–Crippen MR) is 43.6 cm³/mol. The van der Waals surface area contributed by atoms with Gasteiger partial charge in [-0.1, -0.05) is 0 Å². The molecule has 68 valence electrons. The summed E-state index contributed by atoms with van der Waals surface area (Å²) in [4.78, 5) is 31.7. The molecule has 0 heterocycles. The summed E-state index contributed by atoms with van der Waals surface area (Å²) < 4.78 is 0. The van der Waals surface area contributed by atoms with Crippen molar-refractivity contribution in [2.24, 2.45) is 0 Å². The van der Waals surface area contributed by atoms with E-state index in [2.05, 4.69) is 5.32 Å². The molecule has 0 radical (unpaired) electrons. The van der Waals surface area contributed by atoms with Crippen LogP contribution in [0.5, 0.6) is 0 Å². The Kier molecular flexibility index (Phi) is 4.92. The first-order valence-electron chi connectivity index (χ1n) is 3.78. The highest BCUT2D eigenvalue weighted by Gasteiger charge is 2.03. The van der Waals surface area contributed by atoms with Gasteiger partial charge >= 0.3 is 0 Å². The topological polar surface area (TPSA) is 63.2 Å². The van der Waals surface area contributed by atoms with Gasteiger partial charge in [0.2, 0.25) is 5.91 Å². The maximum atomic E-state index is 10.9. The minimum absolute atomic E-state index is 0.00817. The van der Waals surface area contributed by atoms with Gasteiger partial charge in [0, 0.05) is 19.8 Å². The van der Waals surface area contributed by atoms with Crippen LogP contribution in [-0.2, 0) is 14.4 Å². The molecule has 0 aromatic heterocycles. The third-order valence-corrected chi connectivity index (χ3v) is 1.29. The average Bonchev–Trinajstić information content (AvgIpc) is 1.96. The van der Waals surface area contributed by atoms with E-state index in [1.807, 2.05) is 0 Å². The molecule has 0 fully saturated rings. The second kappa shape index (κ2) is 5.46. The second-order valence-electron chi connectivity index (χ2n) is 2.65. The molecule has 0 aromatic carbocycles. The lowest BCUT2D eigenvalue weighted by molar-refractivity contribution is -0.125. The molecule has 0 unspecified atom stereocenters. The normalized spacial score (nSPS) is 9.17. The van der Waals surface area contributed by atoms with E-state index in [0.717, 1.165) is 0 Å². The first kappa shape index (κ1) is 10.8. The number of nitrogens with one attached hydrogen (secondary N) is 1. The highest BCUT2D eigenvalue weighted by atomic mass is 16.2. The van der Waals surface area contributed by atoms with Crippen LogP contribution < -0.4 is 5.32 Å². The Bertz CT molecular complexity index is 178. The Morgan fingerprint density at radius 2 is 1.67 bits per heavy atom. The number of carbonyl (C=O) groups is 3. The quantitative estimate of drug-likeness (QED) is 0.636. The molecule has 1 amide bonds. The smallest absolute Gasteiger partial charge is 0.217 e. The maximum absolute atomic E-state index is 10.9. The molecule has 0 saturated heterocycles. The highest BCUT2D eigenvalue weighted by molar-refractivity contribution is 5.88. The fourth-order valence-corrected chi connectivity index (χ4v) is 0.627. The van der Waals surface area contributed by atoms with Crippen LogP contribution in [0, 0.1) is 0 Å². The summed E-state index contributed by atoms with van der Waals surface area (Å²) in [5, 5.41) is 2.37. The zero-order chi connectivity index (χ0) is 9.56. The monoisotopic (exact) mass is 171 g/mol. The molecule has 4 nitrogen and oxygen atoms in total. The first-order chi connectivity index (χ1) is 5.52. The average molecular weight is 171 g/mol. The van der Waals surface area contributed by atoms with Crippen molar-refractivity contribution in [3.8, 4) is 0 Å². The zero-order valence-electron chi connectivity index (χ0n) is 7.35. The lowest BCUT2D eigenvalue weighted by Gasteiger charge is -1.99. The molecule has 1 N–H and O–H groups in total. The molecule has 0 atom stereocenters. The van der Waals surface area contributed by atoms with E-state index < -0.39 is 0 Å². The number of hydrogen-bond acceptors (Lipinski definition) is 3. The van der Waals surface area contributed by atoms with E-state index in [-0.39, 0.29) is 36.9 Å². The van der Waals surface area contributed by atoms with Crippen molar-refractivity contribution in [3.05, 3.63) is 0 Å². The molecule has 12 heavy (non-hydrogen) atoms. The minimum atomic E-state index is -0.230. The molecule has 0 saturated carbocycles. The van der Waals surface area contributed by atoms with E-state index in [1.165, 1.54) is 13.8 Å². The summed E-state index contributed by atoms with van der Waals surface area (Å²) in [6.45, 7) is 2.81. The molecule has 0 bridgehead atoms. The number of rotatable bonds is 5. The standard InChI is InChI=1S/C8H13NO3/c1-6(10)3-4-8(12)5-9-7(2)11/h3-5H2,1-2H3,(H,9,11). The lowest BCUT2D eigenvalue weighted by atomic mass is 10.2. The van der Waals surface area contributed by atoms with E-state index in [0.29, 0.717) is 0 Å². The number of hydrogen-bond donors (Lipinski definition) is 1. The van der Waals surface area contributed by atoms with Crippen LogP contribution in [0.4, 0.5) is 0 Å². The van der Waals surface area contributed by atoms with E-state index in [1.54, 1.807) is 0 Å². The number of ketones is 2. The minimum Gasteiger partial charge on any atom is -0.349 e. The van der Waals surface area contributed by atoms with Gasteiger partial charge in [-0.15, -0.1) is 0 Å².